The number of methoxy groups -OCH3 is 1. The number of esters is 1. The number of nitrogens with zero attached hydrogens (tertiary/aromatic N) is 2. The van der Waals surface area contributed by atoms with Crippen molar-refractivity contribution in [3.05, 3.63) is 111 Å². The van der Waals surface area contributed by atoms with E-state index in [2.05, 4.69) is 16.5 Å². The first kappa shape index (κ1) is 32.2. The fourth-order valence-corrected chi connectivity index (χ4v) is 6.60. The lowest BCUT2D eigenvalue weighted by atomic mass is 9.72. The molecule has 3 aromatic carbocycles. The number of ether oxygens (including phenoxy) is 1. The van der Waals surface area contributed by atoms with Crippen molar-refractivity contribution in [2.45, 2.75) is 30.9 Å². The molecule has 0 unspecified atom stereocenters. The number of oxime groups is 1. The molecule has 0 radical (unpaired) electrons. The van der Waals surface area contributed by atoms with Crippen LogP contribution in [0.5, 0.6) is 0 Å². The average Bonchev–Trinajstić information content (AvgIpc) is 3.55. The van der Waals surface area contributed by atoms with Gasteiger partial charge in [0.05, 0.1) is 23.4 Å². The van der Waals surface area contributed by atoms with Gasteiger partial charge in [-0.1, -0.05) is 59.2 Å². The lowest BCUT2D eigenvalue weighted by Crippen LogP contribution is -2.62. The van der Waals surface area contributed by atoms with Crippen LogP contribution in [0, 0.1) is 5.82 Å². The Bertz CT molecular complexity index is 1730. The highest BCUT2D eigenvalue weighted by molar-refractivity contribution is 6.31. The summed E-state index contributed by atoms with van der Waals surface area (Å²) in [5.41, 5.74) is 9.27. The van der Waals surface area contributed by atoms with Gasteiger partial charge in [-0.3, -0.25) is 9.59 Å². The van der Waals surface area contributed by atoms with E-state index in [0.717, 1.165) is 36.2 Å². The first-order chi connectivity index (χ1) is 21.3. The fourth-order valence-electron chi connectivity index (χ4n) is 6.43. The highest BCUT2D eigenvalue weighted by Gasteiger charge is 2.54. The minimum atomic E-state index is -1.74. The molecule has 12 heteroatoms. The van der Waals surface area contributed by atoms with Gasteiger partial charge in [-0.05, 0) is 71.5 Å². The standard InChI is InChI=1S/C33H30ClFN4O5.ClH/c1-43-31(41)20-8-10-21(11-9-20)33(32(36)42)25-6-2-4-22(19-12-15-37-16-13-19)23(25)14-17-39(33)30(40)28-18-27(38-44-28)24-5-3-7-26(34)29(24)35;/h2-12,28,37H,13-18H2,1H3,(H2,36,42);1H/t28-,33+;/m1./s1. The first-order valence-corrected chi connectivity index (χ1v) is 14.6. The summed E-state index contributed by atoms with van der Waals surface area (Å²) < 4.78 is 19.6. The summed E-state index contributed by atoms with van der Waals surface area (Å²) in [4.78, 5) is 47.4. The molecule has 3 aromatic rings. The predicted octanol–water partition coefficient (Wildman–Crippen LogP) is 4.37. The van der Waals surface area contributed by atoms with Crippen LogP contribution < -0.4 is 11.1 Å². The second-order valence-corrected chi connectivity index (χ2v) is 11.2. The molecular weight excluding hydrogens is 622 g/mol. The van der Waals surface area contributed by atoms with E-state index in [1.165, 1.54) is 36.3 Å². The SMILES string of the molecule is COC(=O)c1ccc([C@@]2(C(N)=O)c3cccc(C4=CCNCC4)c3CCN2C(=O)[C@H]2CC(c3cccc(Cl)c3F)=NO2)cc1.Cl. The maximum Gasteiger partial charge on any atom is 0.337 e. The zero-order valence-electron chi connectivity index (χ0n) is 24.3. The van der Waals surface area contributed by atoms with Crippen molar-refractivity contribution in [2.75, 3.05) is 26.7 Å². The molecule has 0 aromatic heterocycles. The van der Waals surface area contributed by atoms with E-state index in [4.69, 9.17) is 26.9 Å². The number of nitrogens with two attached hydrogens (primary N) is 1. The van der Waals surface area contributed by atoms with Crippen molar-refractivity contribution in [3.8, 4) is 0 Å². The normalized spacial score (nSPS) is 20.6. The van der Waals surface area contributed by atoms with Crippen molar-refractivity contribution in [1.29, 1.82) is 0 Å². The number of hydrogen-bond donors (Lipinski definition) is 2. The molecule has 6 rings (SSSR count). The van der Waals surface area contributed by atoms with Crippen LogP contribution in [0.3, 0.4) is 0 Å². The van der Waals surface area contributed by atoms with Crippen LogP contribution in [-0.4, -0.2) is 61.2 Å². The second-order valence-electron chi connectivity index (χ2n) is 10.8. The summed E-state index contributed by atoms with van der Waals surface area (Å²) in [6.45, 7) is 1.70. The third-order valence-corrected chi connectivity index (χ3v) is 8.81. The van der Waals surface area contributed by atoms with Crippen LogP contribution >= 0.6 is 24.0 Å². The van der Waals surface area contributed by atoms with E-state index in [9.17, 15) is 18.8 Å². The van der Waals surface area contributed by atoms with Gasteiger partial charge in [-0.15, -0.1) is 12.4 Å². The number of carbonyl (C=O) groups excluding carboxylic acids is 3. The Labute approximate surface area is 270 Å². The molecule has 3 aliphatic heterocycles. The molecule has 0 aliphatic carbocycles. The topological polar surface area (TPSA) is 123 Å². The number of nitrogens with one attached hydrogen (secondary N) is 1. The summed E-state index contributed by atoms with van der Waals surface area (Å²) in [5, 5.41) is 7.27. The molecule has 45 heavy (non-hydrogen) atoms. The van der Waals surface area contributed by atoms with E-state index in [1.807, 2.05) is 18.2 Å². The largest absolute Gasteiger partial charge is 0.465 e. The molecule has 2 atom stereocenters. The van der Waals surface area contributed by atoms with Gasteiger partial charge in [0.25, 0.3) is 11.8 Å². The monoisotopic (exact) mass is 652 g/mol. The Morgan fingerprint density at radius 3 is 2.51 bits per heavy atom. The van der Waals surface area contributed by atoms with E-state index < -0.39 is 35.2 Å². The van der Waals surface area contributed by atoms with Gasteiger partial charge in [-0.2, -0.15) is 0 Å². The highest BCUT2D eigenvalue weighted by atomic mass is 35.5. The van der Waals surface area contributed by atoms with E-state index in [-0.39, 0.29) is 47.2 Å². The lowest BCUT2D eigenvalue weighted by molar-refractivity contribution is -0.153. The molecule has 0 spiro atoms. The van der Waals surface area contributed by atoms with Gasteiger partial charge in [0.2, 0.25) is 6.10 Å². The van der Waals surface area contributed by atoms with E-state index in [1.54, 1.807) is 18.2 Å². The third-order valence-electron chi connectivity index (χ3n) is 8.52. The number of primary amides is 1. The molecule has 0 bridgehead atoms. The molecule has 3 N–H and O–H groups in total. The number of benzene rings is 3. The molecule has 0 fully saturated rings. The van der Waals surface area contributed by atoms with Crippen molar-refractivity contribution >= 4 is 53.1 Å². The van der Waals surface area contributed by atoms with Crippen molar-refractivity contribution in [3.63, 3.8) is 0 Å². The number of amides is 2. The van der Waals surface area contributed by atoms with Gasteiger partial charge >= 0.3 is 5.97 Å². The van der Waals surface area contributed by atoms with Gasteiger partial charge in [0.1, 0.15) is 0 Å². The second kappa shape index (κ2) is 13.0. The molecule has 9 nitrogen and oxygen atoms in total. The van der Waals surface area contributed by atoms with Crippen LogP contribution in [0.25, 0.3) is 5.57 Å². The number of fused-ring (bicyclic) bond motifs is 1. The zero-order valence-corrected chi connectivity index (χ0v) is 25.9. The quantitative estimate of drug-likeness (QED) is 0.381. The van der Waals surface area contributed by atoms with Gasteiger partial charge in [0, 0.05) is 25.1 Å². The van der Waals surface area contributed by atoms with Gasteiger partial charge in [-0.25, -0.2) is 9.18 Å². The third kappa shape index (κ3) is 5.47. The van der Waals surface area contributed by atoms with Crippen molar-refractivity contribution in [1.82, 2.24) is 10.2 Å². The Hall–Kier alpha value is -4.25. The molecular formula is C33H31Cl2FN4O5. The van der Waals surface area contributed by atoms with E-state index in [0.29, 0.717) is 17.5 Å². The number of halogens is 3. The van der Waals surface area contributed by atoms with Gasteiger partial charge in [0.15, 0.2) is 11.4 Å². The predicted molar refractivity (Wildman–Crippen MR) is 170 cm³/mol. The summed E-state index contributed by atoms with van der Waals surface area (Å²) in [7, 11) is 1.28. The van der Waals surface area contributed by atoms with Crippen LogP contribution in [0.2, 0.25) is 5.02 Å². The van der Waals surface area contributed by atoms with Crippen LogP contribution in [0.1, 0.15) is 51.0 Å². The number of carbonyl (C=O) groups is 3. The average molecular weight is 654 g/mol. The lowest BCUT2D eigenvalue weighted by Gasteiger charge is -2.47. The minimum absolute atomic E-state index is 0. The summed E-state index contributed by atoms with van der Waals surface area (Å²) >= 11 is 5.98. The first-order valence-electron chi connectivity index (χ1n) is 14.3. The molecule has 2 amide bonds. The number of rotatable bonds is 6. The molecule has 3 aliphatic rings. The fraction of sp³-hybridized carbons (Fsp3) is 0.273. The molecule has 234 valence electrons. The molecule has 0 saturated heterocycles. The van der Waals surface area contributed by atoms with Gasteiger partial charge < -0.3 is 25.5 Å². The smallest absolute Gasteiger partial charge is 0.337 e. The van der Waals surface area contributed by atoms with E-state index >= 15 is 0 Å². The Morgan fingerprint density at radius 2 is 1.82 bits per heavy atom. The maximum atomic E-state index is 14.8. The molecule has 3 heterocycles. The van der Waals surface area contributed by atoms with Crippen molar-refractivity contribution < 1.29 is 28.3 Å². The van der Waals surface area contributed by atoms with Crippen molar-refractivity contribution in [2.24, 2.45) is 10.9 Å². The number of hydrogen-bond acceptors (Lipinski definition) is 7. The summed E-state index contributed by atoms with van der Waals surface area (Å²) in [6.07, 6.45) is 2.24. The van der Waals surface area contributed by atoms with Crippen LogP contribution in [-0.2, 0) is 31.1 Å². The summed E-state index contributed by atoms with van der Waals surface area (Å²) in [5.74, 6) is -2.50. The van der Waals surface area contributed by atoms with Crippen LogP contribution in [0.4, 0.5) is 4.39 Å². The maximum absolute atomic E-state index is 14.8. The Balaban J connectivity index is 0.00000400. The Morgan fingerprint density at radius 1 is 1.09 bits per heavy atom. The minimum Gasteiger partial charge on any atom is -0.465 e. The van der Waals surface area contributed by atoms with Crippen LogP contribution in [0.15, 0.2) is 71.9 Å². The molecule has 0 saturated carbocycles. The Kier molecular flexibility index (Phi) is 9.29. The highest BCUT2D eigenvalue weighted by Crippen LogP contribution is 2.45. The summed E-state index contributed by atoms with van der Waals surface area (Å²) in [6, 6.07) is 16.5. The zero-order chi connectivity index (χ0) is 31.0.